The van der Waals surface area contributed by atoms with Crippen LogP contribution in [0.5, 0.6) is 0 Å². The first-order valence-electron chi connectivity index (χ1n) is 27.1. The normalized spacial score (nSPS) is 18.6. The van der Waals surface area contributed by atoms with Gasteiger partial charge in [0.25, 0.3) is 0 Å². The monoisotopic (exact) mass is 1080 g/mol. The van der Waals surface area contributed by atoms with Crippen molar-refractivity contribution in [1.82, 2.24) is 0 Å². The molecule has 3 saturated heterocycles. The van der Waals surface area contributed by atoms with E-state index in [1.165, 1.54) is 64.6 Å². The number of hydrogen-bond acceptors (Lipinski definition) is 8. The Kier molecular flexibility index (Phi) is 13.4. The molecule has 12 aromatic rings. The van der Waals surface area contributed by atoms with Gasteiger partial charge in [-0.25, -0.2) is 0 Å². The summed E-state index contributed by atoms with van der Waals surface area (Å²) >= 11 is 6.40. The highest BCUT2D eigenvalue weighted by atomic mass is 35.5. The SMILES string of the molecule is C.C.CC1(C)OB(B2OC(C)(C)C(C)(C)O2)OC1(C)C.CC1(C)OB(c2cccc3c2oc2ccc4c5ccccc5c5ccccc5c4c23)OC1(C)C.Clc1cccc2c1oc1ccc3c4ccccc4c4ccccc4c3c12. The van der Waals surface area contributed by atoms with Crippen molar-refractivity contribution >= 4 is 147 Å². The molecule has 0 bridgehead atoms. The fourth-order valence-corrected chi connectivity index (χ4v) is 11.9. The molecule has 80 heavy (non-hydrogen) atoms. The molecule has 0 atom stereocenters. The number of fused-ring (bicyclic) bond motifs is 20. The van der Waals surface area contributed by atoms with Crippen LogP contribution in [0, 0.1) is 0 Å². The molecule has 15 rings (SSSR count). The Morgan fingerprint density at radius 2 is 0.575 bits per heavy atom. The van der Waals surface area contributed by atoms with Crippen LogP contribution < -0.4 is 5.46 Å². The molecule has 2 aromatic heterocycles. The van der Waals surface area contributed by atoms with E-state index < -0.39 is 32.3 Å². The summed E-state index contributed by atoms with van der Waals surface area (Å²) in [5.74, 6) is 0. The van der Waals surface area contributed by atoms with Gasteiger partial charge in [-0.15, -0.1) is 0 Å². The standard InChI is InChI=1S/C30H25BO3.C24H13ClO.C12H24B2O4.2CH4/c1-29(2)30(3,4)34-31(33-29)24-15-9-14-23-27-25(32-28(23)24)17-16-22-20-12-6-5-10-18(20)19-11-7-8-13-21(19)26(22)27;25-20-11-5-10-19-23-21(26-24(19)20)13-12-18-16-8-2-1-6-14(16)15-7-3-4-9-17(15)22(18)23;1-9(2)10(3,4)16-13(15-9)14-17-11(5,6)12(7,8)18-14;;/h5-17H,1-4H3;1-13H;1-8H3;2*1H4. The number of hydrogen-bond donors (Lipinski definition) is 0. The largest absolute Gasteiger partial charge is 0.498 e. The maximum atomic E-state index is 6.54. The van der Waals surface area contributed by atoms with E-state index in [-0.39, 0.29) is 37.3 Å². The van der Waals surface area contributed by atoms with Crippen LogP contribution >= 0.6 is 11.6 Å². The van der Waals surface area contributed by atoms with E-state index in [1.807, 2.05) is 67.5 Å². The van der Waals surface area contributed by atoms with Crippen LogP contribution in [0.4, 0.5) is 0 Å². The summed E-state index contributed by atoms with van der Waals surface area (Å²) in [6, 6.07) is 55.3. The Morgan fingerprint density at radius 1 is 0.287 bits per heavy atom. The second-order valence-corrected chi connectivity index (χ2v) is 24.7. The van der Waals surface area contributed by atoms with Crippen molar-refractivity contribution in [3.8, 4) is 0 Å². The van der Waals surface area contributed by atoms with Crippen LogP contribution in [0.15, 0.2) is 167 Å². The molecule has 0 saturated carbocycles. The molecule has 406 valence electrons. The quantitative estimate of drug-likeness (QED) is 0.125. The van der Waals surface area contributed by atoms with Gasteiger partial charge in [0.1, 0.15) is 16.7 Å². The van der Waals surface area contributed by atoms with Crippen LogP contribution in [-0.2, 0) is 27.9 Å². The lowest BCUT2D eigenvalue weighted by Gasteiger charge is -2.32. The first-order chi connectivity index (χ1) is 37.1. The fraction of sp³-hybridized carbons (Fsp3) is 0.294. The van der Waals surface area contributed by atoms with Crippen molar-refractivity contribution in [1.29, 1.82) is 0 Å². The molecular formula is C68H70B3ClO8. The minimum absolute atomic E-state index is 0. The summed E-state index contributed by atoms with van der Waals surface area (Å²) in [4.78, 5) is 0. The van der Waals surface area contributed by atoms with Gasteiger partial charge in [-0.2, -0.15) is 0 Å². The average molecular weight is 1080 g/mol. The van der Waals surface area contributed by atoms with E-state index in [2.05, 4.69) is 173 Å². The minimum Gasteiger partial charge on any atom is -0.456 e. The number of furan rings is 2. The molecule has 10 aromatic carbocycles. The Labute approximate surface area is 475 Å². The predicted molar refractivity (Wildman–Crippen MR) is 339 cm³/mol. The second kappa shape index (κ2) is 19.4. The Hall–Kier alpha value is -6.40. The van der Waals surface area contributed by atoms with Gasteiger partial charge in [0.05, 0.1) is 38.6 Å². The zero-order valence-electron chi connectivity index (χ0n) is 46.4. The molecule has 0 amide bonds. The molecule has 8 nitrogen and oxygen atoms in total. The highest BCUT2D eigenvalue weighted by Gasteiger charge is 2.64. The molecule has 12 heteroatoms. The number of halogens is 1. The van der Waals surface area contributed by atoms with E-state index in [0.29, 0.717) is 5.02 Å². The van der Waals surface area contributed by atoms with E-state index in [4.69, 9.17) is 48.4 Å². The molecule has 0 spiro atoms. The number of rotatable bonds is 2. The Morgan fingerprint density at radius 3 is 0.963 bits per heavy atom. The van der Waals surface area contributed by atoms with Crippen LogP contribution in [0.1, 0.15) is 97.9 Å². The molecule has 0 unspecified atom stereocenters. The first kappa shape index (κ1) is 55.5. The molecule has 3 fully saturated rings. The van der Waals surface area contributed by atoms with Crippen LogP contribution in [0.2, 0.25) is 5.02 Å². The van der Waals surface area contributed by atoms with Crippen LogP contribution in [-0.4, -0.2) is 54.7 Å². The number of benzene rings is 10. The van der Waals surface area contributed by atoms with Crippen molar-refractivity contribution in [2.45, 2.75) is 132 Å². The number of para-hydroxylation sites is 2. The topological polar surface area (TPSA) is 81.7 Å². The highest BCUT2D eigenvalue weighted by Crippen LogP contribution is 2.47. The Bertz CT molecular complexity index is 4270. The maximum absolute atomic E-state index is 6.54. The van der Waals surface area contributed by atoms with Crippen molar-refractivity contribution in [2.75, 3.05) is 0 Å². The van der Waals surface area contributed by atoms with Gasteiger partial charge in [0.15, 0.2) is 5.58 Å². The van der Waals surface area contributed by atoms with E-state index >= 15 is 0 Å². The summed E-state index contributed by atoms with van der Waals surface area (Å²) in [6.45, 7) is 24.5. The Balaban J connectivity index is 0.000000131. The van der Waals surface area contributed by atoms with Crippen LogP contribution in [0.3, 0.4) is 0 Å². The molecule has 5 heterocycles. The zero-order valence-corrected chi connectivity index (χ0v) is 47.1. The van der Waals surface area contributed by atoms with E-state index in [9.17, 15) is 0 Å². The summed E-state index contributed by atoms with van der Waals surface area (Å²) in [5.41, 5.74) is 2.03. The molecule has 3 aliphatic rings. The van der Waals surface area contributed by atoms with Crippen molar-refractivity contribution in [2.24, 2.45) is 0 Å². The first-order valence-corrected chi connectivity index (χ1v) is 27.5. The summed E-state index contributed by atoms with van der Waals surface area (Å²) < 4.78 is 49.3. The second-order valence-electron chi connectivity index (χ2n) is 24.3. The fourth-order valence-electron chi connectivity index (χ4n) is 11.7. The third-order valence-electron chi connectivity index (χ3n) is 18.0. The highest BCUT2D eigenvalue weighted by molar-refractivity contribution is 7.11. The maximum Gasteiger partial charge on any atom is 0.498 e. The van der Waals surface area contributed by atoms with Gasteiger partial charge >= 0.3 is 21.1 Å². The van der Waals surface area contributed by atoms with Gasteiger partial charge in [0.2, 0.25) is 0 Å². The summed E-state index contributed by atoms with van der Waals surface area (Å²) in [5, 5.41) is 20.1. The molecule has 0 N–H and O–H groups in total. The van der Waals surface area contributed by atoms with E-state index in [0.717, 1.165) is 49.3 Å². The van der Waals surface area contributed by atoms with Gasteiger partial charge < -0.3 is 36.8 Å². The molecular weight excluding hydrogens is 1010 g/mol. The smallest absolute Gasteiger partial charge is 0.456 e. The third-order valence-corrected chi connectivity index (χ3v) is 18.3. The van der Waals surface area contributed by atoms with Gasteiger partial charge in [-0.05, 0) is 167 Å². The molecule has 0 aliphatic carbocycles. The van der Waals surface area contributed by atoms with Crippen molar-refractivity contribution in [3.63, 3.8) is 0 Å². The summed E-state index contributed by atoms with van der Waals surface area (Å²) in [7, 11) is -1.43. The van der Waals surface area contributed by atoms with Gasteiger partial charge in [-0.1, -0.05) is 154 Å². The minimum atomic E-state index is -0.476. The average Bonchev–Trinajstić information content (AvgIpc) is 4.17. The van der Waals surface area contributed by atoms with Crippen molar-refractivity contribution in [3.05, 3.63) is 163 Å². The molecule has 0 radical (unpaired) electrons. The van der Waals surface area contributed by atoms with Gasteiger partial charge in [0, 0.05) is 37.8 Å². The zero-order chi connectivity index (χ0) is 54.5. The molecule has 3 aliphatic heterocycles. The predicted octanol–water partition coefficient (Wildman–Crippen LogP) is 18.6. The third kappa shape index (κ3) is 8.53. The lowest BCUT2D eigenvalue weighted by Crippen LogP contribution is -2.41. The van der Waals surface area contributed by atoms with E-state index in [1.54, 1.807) is 0 Å². The van der Waals surface area contributed by atoms with Crippen molar-refractivity contribution < 1.29 is 36.8 Å². The summed E-state index contributed by atoms with van der Waals surface area (Å²) in [6.07, 6.45) is 0. The van der Waals surface area contributed by atoms with Gasteiger partial charge in [-0.3, -0.25) is 0 Å². The lowest BCUT2D eigenvalue weighted by molar-refractivity contribution is 0.00578. The lowest BCUT2D eigenvalue weighted by atomic mass is 9.49. The van der Waals surface area contributed by atoms with Crippen LogP contribution in [0.25, 0.3) is 109 Å².